The minimum absolute atomic E-state index is 0.0687. The quantitative estimate of drug-likeness (QED) is 0.658. The van der Waals surface area contributed by atoms with Crippen LogP contribution < -0.4 is 5.63 Å². The number of hydrogen-bond acceptors (Lipinski definition) is 4. The highest BCUT2D eigenvalue weighted by Gasteiger charge is 2.33. The Morgan fingerprint density at radius 2 is 1.93 bits per heavy atom. The molecule has 3 aromatic rings. The molecular formula is C22H20N2O3. The summed E-state index contributed by atoms with van der Waals surface area (Å²) >= 11 is 0. The van der Waals surface area contributed by atoms with Crippen molar-refractivity contribution in [3.05, 3.63) is 81.7 Å². The van der Waals surface area contributed by atoms with Crippen LogP contribution in [0, 0.1) is 6.92 Å². The zero-order chi connectivity index (χ0) is 19.0. The maximum Gasteiger partial charge on any atom is 0.345 e. The summed E-state index contributed by atoms with van der Waals surface area (Å²) in [6, 6.07) is 17.0. The molecule has 1 unspecified atom stereocenters. The van der Waals surface area contributed by atoms with Crippen LogP contribution in [0.1, 0.15) is 42.5 Å². The van der Waals surface area contributed by atoms with E-state index in [9.17, 15) is 9.59 Å². The Labute approximate surface area is 156 Å². The van der Waals surface area contributed by atoms with Gasteiger partial charge in [-0.25, -0.2) is 9.80 Å². The van der Waals surface area contributed by atoms with E-state index >= 15 is 0 Å². The lowest BCUT2D eigenvalue weighted by molar-refractivity contribution is -0.132. The average Bonchev–Trinajstić information content (AvgIpc) is 3.12. The van der Waals surface area contributed by atoms with Gasteiger partial charge < -0.3 is 4.42 Å². The summed E-state index contributed by atoms with van der Waals surface area (Å²) in [5, 5.41) is 6.86. The van der Waals surface area contributed by atoms with Crippen molar-refractivity contribution in [3.8, 4) is 0 Å². The minimum Gasteiger partial charge on any atom is -0.422 e. The molecular weight excluding hydrogens is 340 g/mol. The number of benzene rings is 2. The number of hydrogen-bond donors (Lipinski definition) is 0. The molecule has 0 aliphatic carbocycles. The summed E-state index contributed by atoms with van der Waals surface area (Å²) in [5.74, 6) is -0.0687. The fraction of sp³-hybridized carbons (Fsp3) is 0.227. The lowest BCUT2D eigenvalue weighted by Crippen LogP contribution is -2.26. The van der Waals surface area contributed by atoms with Crippen molar-refractivity contribution in [2.24, 2.45) is 5.10 Å². The van der Waals surface area contributed by atoms with Crippen LogP contribution in [0.4, 0.5) is 0 Å². The summed E-state index contributed by atoms with van der Waals surface area (Å²) in [4.78, 5) is 25.0. The molecule has 1 aromatic heterocycles. The third-order valence-electron chi connectivity index (χ3n) is 4.88. The fourth-order valence-electron chi connectivity index (χ4n) is 3.38. The van der Waals surface area contributed by atoms with Crippen LogP contribution in [0.15, 0.2) is 68.9 Å². The molecule has 0 saturated carbocycles. The molecule has 5 heteroatoms. The molecule has 27 heavy (non-hydrogen) atoms. The molecule has 0 N–H and O–H groups in total. The van der Waals surface area contributed by atoms with E-state index < -0.39 is 5.63 Å². The number of rotatable bonds is 3. The summed E-state index contributed by atoms with van der Waals surface area (Å²) in [5.41, 5.74) is 3.27. The van der Waals surface area contributed by atoms with Gasteiger partial charge in [-0.2, -0.15) is 5.10 Å². The molecule has 1 atom stereocenters. The van der Waals surface area contributed by atoms with Crippen LogP contribution in [-0.2, 0) is 4.79 Å². The first-order valence-electron chi connectivity index (χ1n) is 9.06. The number of carbonyl (C=O) groups excluding carboxylic acids is 1. The standard InChI is InChI=1S/C22H20N2O3/c1-3-21(25)24-19(15-10-8-14(2)9-11-15)13-18(23-24)17-12-16-6-4-5-7-20(16)27-22(17)26/h4-12,19H,3,13H2,1-2H3. The van der Waals surface area contributed by atoms with Gasteiger partial charge >= 0.3 is 5.63 Å². The third kappa shape index (κ3) is 3.16. The Morgan fingerprint density at radius 1 is 1.19 bits per heavy atom. The third-order valence-corrected chi connectivity index (χ3v) is 4.88. The maximum absolute atomic E-state index is 12.5. The van der Waals surface area contributed by atoms with Crippen molar-refractivity contribution in [2.45, 2.75) is 32.7 Å². The van der Waals surface area contributed by atoms with Crippen molar-refractivity contribution in [1.82, 2.24) is 5.01 Å². The highest BCUT2D eigenvalue weighted by atomic mass is 16.4. The molecule has 0 bridgehead atoms. The Bertz CT molecular complexity index is 1100. The first-order valence-corrected chi connectivity index (χ1v) is 9.06. The number of hydrazone groups is 1. The number of nitrogens with zero attached hydrogens (tertiary/aromatic N) is 2. The van der Waals surface area contributed by atoms with Gasteiger partial charge in [0, 0.05) is 18.2 Å². The first kappa shape index (κ1) is 17.2. The summed E-state index contributed by atoms with van der Waals surface area (Å²) in [6.45, 7) is 3.84. The number of amides is 1. The van der Waals surface area contributed by atoms with Crippen molar-refractivity contribution >= 4 is 22.6 Å². The van der Waals surface area contributed by atoms with E-state index in [-0.39, 0.29) is 11.9 Å². The topological polar surface area (TPSA) is 62.9 Å². The molecule has 2 aromatic carbocycles. The van der Waals surface area contributed by atoms with Gasteiger partial charge in [-0.1, -0.05) is 55.0 Å². The summed E-state index contributed by atoms with van der Waals surface area (Å²) in [7, 11) is 0. The van der Waals surface area contributed by atoms with Gasteiger partial charge in [0.25, 0.3) is 0 Å². The molecule has 0 radical (unpaired) electrons. The lowest BCUT2D eigenvalue weighted by Gasteiger charge is -2.21. The average molecular weight is 360 g/mol. The summed E-state index contributed by atoms with van der Waals surface area (Å²) in [6.07, 6.45) is 0.837. The van der Waals surface area contributed by atoms with Gasteiger partial charge in [0.1, 0.15) is 5.58 Å². The SMILES string of the molecule is CCC(=O)N1N=C(c2cc3ccccc3oc2=O)CC1c1ccc(C)cc1. The number of para-hydroxylation sites is 1. The van der Waals surface area contributed by atoms with Crippen molar-refractivity contribution in [3.63, 3.8) is 0 Å². The molecule has 0 saturated heterocycles. The van der Waals surface area contributed by atoms with Gasteiger partial charge in [0.05, 0.1) is 17.3 Å². The molecule has 136 valence electrons. The van der Waals surface area contributed by atoms with Crippen molar-refractivity contribution in [1.29, 1.82) is 0 Å². The molecule has 4 rings (SSSR count). The van der Waals surface area contributed by atoms with Crippen molar-refractivity contribution in [2.75, 3.05) is 0 Å². The van der Waals surface area contributed by atoms with E-state index in [1.807, 2.05) is 56.3 Å². The van der Waals surface area contributed by atoms with Crippen LogP contribution in [0.25, 0.3) is 11.0 Å². The van der Waals surface area contributed by atoms with Crippen LogP contribution in [-0.4, -0.2) is 16.6 Å². The minimum atomic E-state index is -0.430. The second-order valence-corrected chi connectivity index (χ2v) is 6.75. The van der Waals surface area contributed by atoms with Gasteiger partial charge in [0.2, 0.25) is 5.91 Å². The van der Waals surface area contributed by atoms with E-state index in [1.165, 1.54) is 5.01 Å². The van der Waals surface area contributed by atoms with E-state index in [4.69, 9.17) is 4.42 Å². The highest BCUT2D eigenvalue weighted by molar-refractivity contribution is 6.04. The Balaban J connectivity index is 1.77. The second kappa shape index (κ2) is 6.83. The summed E-state index contributed by atoms with van der Waals surface area (Å²) < 4.78 is 5.44. The Kier molecular flexibility index (Phi) is 4.36. The van der Waals surface area contributed by atoms with E-state index in [2.05, 4.69) is 5.10 Å². The van der Waals surface area contributed by atoms with Gasteiger partial charge in [-0.05, 0) is 24.6 Å². The van der Waals surface area contributed by atoms with Gasteiger partial charge in [-0.15, -0.1) is 0 Å². The van der Waals surface area contributed by atoms with Crippen LogP contribution in [0.5, 0.6) is 0 Å². The molecule has 1 amide bonds. The van der Waals surface area contributed by atoms with E-state index in [1.54, 1.807) is 12.1 Å². The monoisotopic (exact) mass is 360 g/mol. The van der Waals surface area contributed by atoms with Crippen LogP contribution in [0.3, 0.4) is 0 Å². The molecule has 2 heterocycles. The second-order valence-electron chi connectivity index (χ2n) is 6.75. The molecule has 0 fully saturated rings. The zero-order valence-corrected chi connectivity index (χ0v) is 15.3. The smallest absolute Gasteiger partial charge is 0.345 e. The predicted octanol–water partition coefficient (Wildman–Crippen LogP) is 4.19. The van der Waals surface area contributed by atoms with Crippen molar-refractivity contribution < 1.29 is 9.21 Å². The Hall–Kier alpha value is -3.21. The normalized spacial score (nSPS) is 16.6. The predicted molar refractivity (Wildman–Crippen MR) is 105 cm³/mol. The maximum atomic E-state index is 12.5. The molecule has 5 nitrogen and oxygen atoms in total. The Morgan fingerprint density at radius 3 is 2.67 bits per heavy atom. The van der Waals surface area contributed by atoms with Crippen LogP contribution in [0.2, 0.25) is 0 Å². The number of aryl methyl sites for hydroxylation is 1. The molecule has 1 aliphatic rings. The first-order chi connectivity index (χ1) is 13.1. The fourth-order valence-corrected chi connectivity index (χ4v) is 3.38. The van der Waals surface area contributed by atoms with Crippen LogP contribution >= 0.6 is 0 Å². The lowest BCUT2D eigenvalue weighted by atomic mass is 9.98. The molecule has 0 spiro atoms. The number of fused-ring (bicyclic) bond motifs is 1. The number of carbonyl (C=O) groups is 1. The van der Waals surface area contributed by atoms with E-state index in [0.29, 0.717) is 29.7 Å². The molecule has 1 aliphatic heterocycles. The zero-order valence-electron chi connectivity index (χ0n) is 15.3. The highest BCUT2D eigenvalue weighted by Crippen LogP contribution is 2.33. The largest absolute Gasteiger partial charge is 0.422 e. The van der Waals surface area contributed by atoms with Gasteiger partial charge in [0.15, 0.2) is 0 Å². The van der Waals surface area contributed by atoms with Gasteiger partial charge in [-0.3, -0.25) is 4.79 Å². The van der Waals surface area contributed by atoms with E-state index in [0.717, 1.165) is 16.5 Å².